The van der Waals surface area contributed by atoms with E-state index in [0.29, 0.717) is 16.9 Å². The van der Waals surface area contributed by atoms with Gasteiger partial charge in [0.25, 0.3) is 0 Å². The molecule has 2 N–H and O–H groups in total. The molecule has 3 nitrogen and oxygen atoms in total. The van der Waals surface area contributed by atoms with Gasteiger partial charge in [0.2, 0.25) is 0 Å². The van der Waals surface area contributed by atoms with Gasteiger partial charge in [0, 0.05) is 35.4 Å². The van der Waals surface area contributed by atoms with Gasteiger partial charge < -0.3 is 5.73 Å². The Kier molecular flexibility index (Phi) is 2.79. The van der Waals surface area contributed by atoms with Crippen LogP contribution >= 0.6 is 0 Å². The smallest absolute Gasteiger partial charge is 0.131 e. The van der Waals surface area contributed by atoms with Gasteiger partial charge in [-0.3, -0.25) is 9.97 Å². The topological polar surface area (TPSA) is 51.8 Å². The summed E-state index contributed by atoms with van der Waals surface area (Å²) in [4.78, 5) is 8.22. The lowest BCUT2D eigenvalue weighted by Gasteiger charge is -2.14. The normalized spacial score (nSPS) is 11.5. The molecule has 0 aliphatic rings. The zero-order valence-corrected chi connectivity index (χ0v) is 9.81. The molecular formula is C13H14FN3. The lowest BCUT2D eigenvalue weighted by Crippen LogP contribution is -2.09. The Bertz CT molecular complexity index is 515. The van der Waals surface area contributed by atoms with Crippen molar-refractivity contribution in [3.8, 4) is 11.3 Å². The predicted octanol–water partition coefficient (Wildman–Crippen LogP) is 2.93. The van der Waals surface area contributed by atoms with Crippen LogP contribution in [0.2, 0.25) is 0 Å². The van der Waals surface area contributed by atoms with Crippen molar-refractivity contribution in [2.24, 2.45) is 0 Å². The molecule has 17 heavy (non-hydrogen) atoms. The fourth-order valence-corrected chi connectivity index (χ4v) is 1.52. The van der Waals surface area contributed by atoms with Gasteiger partial charge in [-0.1, -0.05) is 6.07 Å². The Morgan fingerprint density at radius 1 is 1.18 bits per heavy atom. The SMILES string of the molecule is CC(C)(F)c1ccc(-c2cnccc2N)nc1. The second-order valence-electron chi connectivity index (χ2n) is 4.37. The summed E-state index contributed by atoms with van der Waals surface area (Å²) in [5, 5.41) is 0. The van der Waals surface area contributed by atoms with Crippen LogP contribution < -0.4 is 5.73 Å². The monoisotopic (exact) mass is 231 g/mol. The minimum absolute atomic E-state index is 0.545. The number of rotatable bonds is 2. The van der Waals surface area contributed by atoms with Gasteiger partial charge in [-0.15, -0.1) is 0 Å². The molecule has 0 saturated carbocycles. The molecule has 0 unspecified atom stereocenters. The van der Waals surface area contributed by atoms with E-state index >= 15 is 0 Å². The fourth-order valence-electron chi connectivity index (χ4n) is 1.52. The van der Waals surface area contributed by atoms with E-state index in [2.05, 4.69) is 9.97 Å². The van der Waals surface area contributed by atoms with Gasteiger partial charge >= 0.3 is 0 Å². The first kappa shape index (κ1) is 11.5. The summed E-state index contributed by atoms with van der Waals surface area (Å²) < 4.78 is 13.7. The molecular weight excluding hydrogens is 217 g/mol. The molecule has 0 aliphatic carbocycles. The number of halogens is 1. The third-order valence-corrected chi connectivity index (χ3v) is 2.58. The van der Waals surface area contributed by atoms with Gasteiger partial charge in [0.05, 0.1) is 5.69 Å². The van der Waals surface area contributed by atoms with E-state index in [9.17, 15) is 4.39 Å². The van der Waals surface area contributed by atoms with Gasteiger partial charge in [-0.2, -0.15) is 0 Å². The Balaban J connectivity index is 2.40. The molecule has 0 saturated heterocycles. The molecule has 0 atom stereocenters. The highest BCUT2D eigenvalue weighted by atomic mass is 19.1. The van der Waals surface area contributed by atoms with Crippen LogP contribution in [-0.4, -0.2) is 9.97 Å². The third-order valence-electron chi connectivity index (χ3n) is 2.58. The average molecular weight is 231 g/mol. The number of aromatic nitrogens is 2. The summed E-state index contributed by atoms with van der Waals surface area (Å²) in [6, 6.07) is 5.18. The molecule has 4 heteroatoms. The maximum absolute atomic E-state index is 13.7. The van der Waals surface area contributed by atoms with Crippen molar-refractivity contribution in [1.29, 1.82) is 0 Å². The number of nitrogen functional groups attached to an aromatic ring is 1. The average Bonchev–Trinajstić information content (AvgIpc) is 2.29. The molecule has 0 aromatic carbocycles. The summed E-state index contributed by atoms with van der Waals surface area (Å²) in [6.07, 6.45) is 4.80. The van der Waals surface area contributed by atoms with Crippen LogP contribution in [0.15, 0.2) is 36.8 Å². The van der Waals surface area contributed by atoms with Crippen molar-refractivity contribution in [1.82, 2.24) is 9.97 Å². The van der Waals surface area contributed by atoms with Crippen LogP contribution in [0.25, 0.3) is 11.3 Å². The Morgan fingerprint density at radius 3 is 2.47 bits per heavy atom. The van der Waals surface area contributed by atoms with Gasteiger partial charge in [0.15, 0.2) is 0 Å². The molecule has 2 aromatic rings. The number of pyridine rings is 2. The molecule has 2 rings (SSSR count). The molecule has 0 spiro atoms. The molecule has 0 amide bonds. The van der Waals surface area contributed by atoms with Gasteiger partial charge in [0.1, 0.15) is 5.67 Å². The highest BCUT2D eigenvalue weighted by Crippen LogP contribution is 2.27. The second kappa shape index (κ2) is 4.13. The minimum atomic E-state index is -1.38. The largest absolute Gasteiger partial charge is 0.398 e. The number of anilines is 1. The van der Waals surface area contributed by atoms with E-state index < -0.39 is 5.67 Å². The maximum Gasteiger partial charge on any atom is 0.131 e. The first-order valence-corrected chi connectivity index (χ1v) is 5.34. The summed E-state index contributed by atoms with van der Waals surface area (Å²) in [7, 11) is 0. The fraction of sp³-hybridized carbons (Fsp3) is 0.231. The maximum atomic E-state index is 13.7. The highest BCUT2D eigenvalue weighted by Gasteiger charge is 2.19. The number of nitrogens with two attached hydrogens (primary N) is 1. The summed E-state index contributed by atoms with van der Waals surface area (Å²) >= 11 is 0. The van der Waals surface area contributed by atoms with E-state index in [0.717, 1.165) is 5.56 Å². The summed E-state index contributed by atoms with van der Waals surface area (Å²) in [5.74, 6) is 0. The van der Waals surface area contributed by atoms with Gasteiger partial charge in [-0.05, 0) is 26.0 Å². The minimum Gasteiger partial charge on any atom is -0.398 e. The molecule has 0 fully saturated rings. The van der Waals surface area contributed by atoms with E-state index in [-0.39, 0.29) is 0 Å². The van der Waals surface area contributed by atoms with Crippen molar-refractivity contribution in [3.63, 3.8) is 0 Å². The Labute approximate surface area is 99.5 Å². The lowest BCUT2D eigenvalue weighted by molar-refractivity contribution is 0.221. The highest BCUT2D eigenvalue weighted by molar-refractivity contribution is 5.72. The Morgan fingerprint density at radius 2 is 1.94 bits per heavy atom. The van der Waals surface area contributed by atoms with Crippen LogP contribution in [0.4, 0.5) is 10.1 Å². The quantitative estimate of drug-likeness (QED) is 0.864. The van der Waals surface area contributed by atoms with E-state index in [1.165, 1.54) is 20.0 Å². The molecule has 2 aromatic heterocycles. The predicted molar refractivity (Wildman–Crippen MR) is 66.0 cm³/mol. The second-order valence-corrected chi connectivity index (χ2v) is 4.37. The standard InChI is InChI=1S/C13H14FN3/c1-13(2,14)9-3-4-12(17-7-9)10-8-16-6-5-11(10)15/h3-8H,1-2H3,(H2,15,16). The van der Waals surface area contributed by atoms with Gasteiger partial charge in [-0.25, -0.2) is 4.39 Å². The van der Waals surface area contributed by atoms with Crippen molar-refractivity contribution in [2.75, 3.05) is 5.73 Å². The van der Waals surface area contributed by atoms with Crippen molar-refractivity contribution in [2.45, 2.75) is 19.5 Å². The number of hydrogen-bond acceptors (Lipinski definition) is 3. The summed E-state index contributed by atoms with van der Waals surface area (Å²) in [5.41, 5.74) is 7.05. The zero-order valence-electron chi connectivity index (χ0n) is 9.81. The summed E-state index contributed by atoms with van der Waals surface area (Å²) in [6.45, 7) is 3.00. The first-order chi connectivity index (χ1) is 7.98. The first-order valence-electron chi connectivity index (χ1n) is 5.34. The van der Waals surface area contributed by atoms with E-state index in [1.807, 2.05) is 0 Å². The van der Waals surface area contributed by atoms with E-state index in [4.69, 9.17) is 5.73 Å². The zero-order chi connectivity index (χ0) is 12.5. The van der Waals surface area contributed by atoms with Crippen molar-refractivity contribution < 1.29 is 4.39 Å². The van der Waals surface area contributed by atoms with Crippen molar-refractivity contribution in [3.05, 3.63) is 42.4 Å². The van der Waals surface area contributed by atoms with Crippen LogP contribution in [0.3, 0.4) is 0 Å². The van der Waals surface area contributed by atoms with Crippen molar-refractivity contribution >= 4 is 5.69 Å². The number of nitrogens with zero attached hydrogens (tertiary/aromatic N) is 2. The lowest BCUT2D eigenvalue weighted by atomic mass is 10.0. The van der Waals surface area contributed by atoms with Crippen LogP contribution in [-0.2, 0) is 5.67 Å². The number of hydrogen-bond donors (Lipinski definition) is 1. The van der Waals surface area contributed by atoms with Crippen LogP contribution in [0.5, 0.6) is 0 Å². The third kappa shape index (κ3) is 2.41. The molecule has 88 valence electrons. The van der Waals surface area contributed by atoms with Crippen LogP contribution in [0, 0.1) is 0 Å². The molecule has 0 bridgehead atoms. The van der Waals surface area contributed by atoms with E-state index in [1.54, 1.807) is 30.6 Å². The molecule has 0 aliphatic heterocycles. The number of alkyl halides is 1. The molecule has 2 heterocycles. The Hall–Kier alpha value is -1.97. The molecule has 0 radical (unpaired) electrons. The van der Waals surface area contributed by atoms with Crippen LogP contribution in [0.1, 0.15) is 19.4 Å².